The minimum atomic E-state index is -0.919. The number of anilines is 1. The predicted molar refractivity (Wildman–Crippen MR) is 79.5 cm³/mol. The topological polar surface area (TPSA) is 56.7 Å². The molecule has 2 rings (SSSR count). The van der Waals surface area contributed by atoms with Gasteiger partial charge in [0.2, 0.25) is 0 Å². The molecule has 2 heterocycles. The first-order valence-electron chi connectivity index (χ1n) is 7.19. The molecule has 1 N–H and O–H groups in total. The third-order valence-electron chi connectivity index (χ3n) is 4.08. The highest BCUT2D eigenvalue weighted by Gasteiger charge is 2.24. The van der Waals surface area contributed by atoms with Crippen LogP contribution in [0.5, 0.6) is 0 Å². The highest BCUT2D eigenvalue weighted by Crippen LogP contribution is 2.20. The second kappa shape index (κ2) is 6.22. The average Bonchev–Trinajstić information content (AvgIpc) is 2.85. The molecule has 1 aromatic heterocycles. The molecule has 1 aliphatic heterocycles. The minimum absolute atomic E-state index is 0.276. The molecule has 0 aliphatic carbocycles. The van der Waals surface area contributed by atoms with E-state index in [0.29, 0.717) is 11.7 Å². The fraction of sp³-hybridized carbons (Fsp3) is 0.600. The van der Waals surface area contributed by atoms with E-state index in [1.807, 2.05) is 7.05 Å². The summed E-state index contributed by atoms with van der Waals surface area (Å²) in [6.45, 7) is 7.14. The lowest BCUT2D eigenvalue weighted by Crippen LogP contribution is -2.39. The number of hydrogen-bond acceptors (Lipinski definition) is 4. The Hall–Kier alpha value is -1.62. The van der Waals surface area contributed by atoms with Crippen LogP contribution in [0.1, 0.15) is 35.8 Å². The molecule has 0 amide bonds. The molecule has 20 heavy (non-hydrogen) atoms. The number of rotatable bonds is 5. The third-order valence-corrected chi connectivity index (χ3v) is 4.08. The Labute approximate surface area is 120 Å². The van der Waals surface area contributed by atoms with Gasteiger partial charge in [0.25, 0.3) is 0 Å². The number of aryl methyl sites for hydroxylation is 1. The lowest BCUT2D eigenvalue weighted by molar-refractivity contribution is 0.0695. The Morgan fingerprint density at radius 3 is 2.90 bits per heavy atom. The van der Waals surface area contributed by atoms with Crippen LogP contribution in [-0.2, 0) is 0 Å². The summed E-state index contributed by atoms with van der Waals surface area (Å²) in [6, 6.07) is 4.01. The fourth-order valence-electron chi connectivity index (χ4n) is 2.91. The molecule has 1 saturated heterocycles. The van der Waals surface area contributed by atoms with Crippen LogP contribution in [-0.4, -0.2) is 53.7 Å². The highest BCUT2D eigenvalue weighted by molar-refractivity contribution is 5.89. The van der Waals surface area contributed by atoms with E-state index in [9.17, 15) is 4.79 Å². The molecule has 1 fully saturated rings. The summed E-state index contributed by atoms with van der Waals surface area (Å²) in [4.78, 5) is 20.0. The van der Waals surface area contributed by atoms with Crippen LogP contribution < -0.4 is 4.90 Å². The molecule has 0 radical (unpaired) electrons. The zero-order chi connectivity index (χ0) is 14.7. The van der Waals surface area contributed by atoms with E-state index in [0.717, 1.165) is 18.9 Å². The molecule has 0 spiro atoms. The van der Waals surface area contributed by atoms with Gasteiger partial charge in [-0.2, -0.15) is 0 Å². The molecule has 110 valence electrons. The zero-order valence-electron chi connectivity index (χ0n) is 12.5. The van der Waals surface area contributed by atoms with E-state index in [4.69, 9.17) is 5.11 Å². The zero-order valence-corrected chi connectivity index (χ0v) is 12.5. The Kier molecular flexibility index (Phi) is 4.60. The van der Waals surface area contributed by atoms with Crippen LogP contribution in [0.15, 0.2) is 12.1 Å². The first-order valence-corrected chi connectivity index (χ1v) is 7.19. The quantitative estimate of drug-likeness (QED) is 0.892. The van der Waals surface area contributed by atoms with Gasteiger partial charge in [-0.1, -0.05) is 6.92 Å². The van der Waals surface area contributed by atoms with Crippen LogP contribution in [0.25, 0.3) is 0 Å². The predicted octanol–water partition coefficient (Wildman–Crippen LogP) is 2.01. The summed E-state index contributed by atoms with van der Waals surface area (Å²) in [6.07, 6.45) is 2.49. The summed E-state index contributed by atoms with van der Waals surface area (Å²) in [7, 11) is 2.02. The van der Waals surface area contributed by atoms with Crippen molar-refractivity contribution in [2.45, 2.75) is 32.7 Å². The largest absolute Gasteiger partial charge is 0.478 e. The first-order chi connectivity index (χ1) is 9.52. The van der Waals surface area contributed by atoms with Crippen LogP contribution in [0.3, 0.4) is 0 Å². The van der Waals surface area contributed by atoms with Crippen molar-refractivity contribution in [1.29, 1.82) is 0 Å². The molecule has 1 aliphatic rings. The van der Waals surface area contributed by atoms with Gasteiger partial charge in [0.15, 0.2) is 0 Å². The molecule has 1 atom stereocenters. The molecule has 1 aromatic rings. The Bertz CT molecular complexity index is 490. The monoisotopic (exact) mass is 277 g/mol. The molecule has 0 bridgehead atoms. The van der Waals surface area contributed by atoms with Gasteiger partial charge in [-0.15, -0.1) is 0 Å². The van der Waals surface area contributed by atoms with Crippen molar-refractivity contribution in [2.24, 2.45) is 0 Å². The Morgan fingerprint density at radius 2 is 2.30 bits per heavy atom. The van der Waals surface area contributed by atoms with E-state index in [1.54, 1.807) is 19.1 Å². The molecular weight excluding hydrogens is 254 g/mol. The lowest BCUT2D eigenvalue weighted by Gasteiger charge is -2.28. The maximum atomic E-state index is 11.0. The van der Waals surface area contributed by atoms with Gasteiger partial charge >= 0.3 is 5.97 Å². The van der Waals surface area contributed by atoms with Gasteiger partial charge in [0.1, 0.15) is 5.82 Å². The van der Waals surface area contributed by atoms with E-state index in [-0.39, 0.29) is 5.56 Å². The molecule has 0 saturated carbocycles. The number of hydrogen-bond donors (Lipinski definition) is 1. The van der Waals surface area contributed by atoms with Crippen molar-refractivity contribution in [1.82, 2.24) is 9.88 Å². The van der Waals surface area contributed by atoms with Crippen LogP contribution >= 0.6 is 0 Å². The molecular formula is C15H23N3O2. The summed E-state index contributed by atoms with van der Waals surface area (Å²) in [5.41, 5.74) is 0.846. The molecule has 1 unspecified atom stereocenters. The molecule has 5 nitrogen and oxygen atoms in total. The van der Waals surface area contributed by atoms with Crippen molar-refractivity contribution in [3.8, 4) is 0 Å². The number of carbonyl (C=O) groups is 1. The standard InChI is InChI=1S/C15H23N3O2/c1-4-18-9-5-6-12(18)10-17(3)14-8-7-13(15(19)20)11(2)16-14/h7-8,12H,4-6,9-10H2,1-3H3,(H,19,20). The Balaban J connectivity index is 2.07. The first kappa shape index (κ1) is 14.8. The van der Waals surface area contributed by atoms with Gasteiger partial charge in [0.05, 0.1) is 11.3 Å². The van der Waals surface area contributed by atoms with Gasteiger partial charge in [-0.3, -0.25) is 4.90 Å². The number of carboxylic acids is 1. The van der Waals surface area contributed by atoms with Crippen LogP contribution in [0.2, 0.25) is 0 Å². The van der Waals surface area contributed by atoms with Gasteiger partial charge in [0, 0.05) is 19.6 Å². The van der Waals surface area contributed by atoms with Gasteiger partial charge < -0.3 is 10.0 Å². The maximum Gasteiger partial charge on any atom is 0.337 e. The van der Waals surface area contributed by atoms with E-state index >= 15 is 0 Å². The fourth-order valence-corrected chi connectivity index (χ4v) is 2.91. The Morgan fingerprint density at radius 1 is 1.55 bits per heavy atom. The summed E-state index contributed by atoms with van der Waals surface area (Å²) in [5.74, 6) is -0.0763. The second-order valence-corrected chi connectivity index (χ2v) is 5.41. The number of nitrogens with zero attached hydrogens (tertiary/aromatic N) is 3. The van der Waals surface area contributed by atoms with Crippen molar-refractivity contribution in [3.05, 3.63) is 23.4 Å². The van der Waals surface area contributed by atoms with Crippen LogP contribution in [0, 0.1) is 6.92 Å². The van der Waals surface area contributed by atoms with E-state index < -0.39 is 5.97 Å². The van der Waals surface area contributed by atoms with Gasteiger partial charge in [-0.05, 0) is 45.0 Å². The van der Waals surface area contributed by atoms with Crippen molar-refractivity contribution in [3.63, 3.8) is 0 Å². The van der Waals surface area contributed by atoms with E-state index in [2.05, 4.69) is 21.7 Å². The summed E-state index contributed by atoms with van der Waals surface area (Å²) in [5, 5.41) is 9.03. The third kappa shape index (κ3) is 3.10. The minimum Gasteiger partial charge on any atom is -0.478 e. The second-order valence-electron chi connectivity index (χ2n) is 5.41. The number of aromatic carboxylic acids is 1. The summed E-state index contributed by atoms with van der Waals surface area (Å²) < 4.78 is 0. The smallest absolute Gasteiger partial charge is 0.337 e. The average molecular weight is 277 g/mol. The normalized spacial score (nSPS) is 19.2. The lowest BCUT2D eigenvalue weighted by atomic mass is 10.2. The van der Waals surface area contributed by atoms with Crippen molar-refractivity contribution in [2.75, 3.05) is 31.6 Å². The number of likely N-dealkylation sites (N-methyl/N-ethyl adjacent to an activating group) is 2. The van der Waals surface area contributed by atoms with Crippen molar-refractivity contribution < 1.29 is 9.90 Å². The maximum absolute atomic E-state index is 11.0. The van der Waals surface area contributed by atoms with E-state index in [1.165, 1.54) is 19.4 Å². The summed E-state index contributed by atoms with van der Waals surface area (Å²) >= 11 is 0. The SMILES string of the molecule is CCN1CCCC1CN(C)c1ccc(C(=O)O)c(C)n1. The van der Waals surface area contributed by atoms with Crippen molar-refractivity contribution >= 4 is 11.8 Å². The number of aromatic nitrogens is 1. The molecule has 0 aromatic carbocycles. The highest BCUT2D eigenvalue weighted by atomic mass is 16.4. The van der Waals surface area contributed by atoms with Crippen LogP contribution in [0.4, 0.5) is 5.82 Å². The number of pyridine rings is 1. The van der Waals surface area contributed by atoms with Gasteiger partial charge in [-0.25, -0.2) is 9.78 Å². The number of carboxylic acid groups (broad SMARTS) is 1. The molecule has 5 heteroatoms. The number of likely N-dealkylation sites (tertiary alicyclic amines) is 1.